The van der Waals surface area contributed by atoms with E-state index in [0.29, 0.717) is 5.88 Å². The standard InChI is InChI=1S/C11H8ClN2O/c1-15-10-9(7-13-11(12)14-10)8-5-3-2-4-6-8/h3-7H,1H3. The second-order valence-corrected chi connectivity index (χ2v) is 3.19. The lowest BCUT2D eigenvalue weighted by molar-refractivity contribution is 0.398. The average molecular weight is 220 g/mol. The second-order valence-electron chi connectivity index (χ2n) is 2.85. The molecule has 0 spiro atoms. The van der Waals surface area contributed by atoms with Gasteiger partial charge in [0, 0.05) is 6.20 Å². The highest BCUT2D eigenvalue weighted by molar-refractivity contribution is 6.28. The summed E-state index contributed by atoms with van der Waals surface area (Å²) in [6.07, 6.45) is 1.64. The van der Waals surface area contributed by atoms with E-state index in [0.717, 1.165) is 11.1 Å². The Labute approximate surface area is 92.7 Å². The predicted molar refractivity (Wildman–Crippen MR) is 57.9 cm³/mol. The van der Waals surface area contributed by atoms with Crippen LogP contribution in [0, 0.1) is 6.07 Å². The van der Waals surface area contributed by atoms with E-state index >= 15 is 0 Å². The Morgan fingerprint density at radius 1 is 1.33 bits per heavy atom. The van der Waals surface area contributed by atoms with E-state index in [1.54, 1.807) is 13.3 Å². The fourth-order valence-electron chi connectivity index (χ4n) is 1.27. The van der Waals surface area contributed by atoms with Crippen molar-refractivity contribution < 1.29 is 4.74 Å². The Morgan fingerprint density at radius 3 is 2.73 bits per heavy atom. The molecule has 0 aliphatic carbocycles. The predicted octanol–water partition coefficient (Wildman–Crippen LogP) is 2.61. The molecule has 0 fully saturated rings. The number of benzene rings is 1. The van der Waals surface area contributed by atoms with Gasteiger partial charge in [-0.25, -0.2) is 4.98 Å². The van der Waals surface area contributed by atoms with Gasteiger partial charge in [-0.3, -0.25) is 0 Å². The third kappa shape index (κ3) is 2.07. The number of aromatic nitrogens is 2. The summed E-state index contributed by atoms with van der Waals surface area (Å²) in [6, 6.07) is 10.4. The molecule has 1 aromatic heterocycles. The number of rotatable bonds is 2. The zero-order chi connectivity index (χ0) is 10.7. The van der Waals surface area contributed by atoms with Crippen LogP contribution >= 0.6 is 11.6 Å². The van der Waals surface area contributed by atoms with Crippen LogP contribution < -0.4 is 4.74 Å². The summed E-state index contributed by atoms with van der Waals surface area (Å²) in [5, 5.41) is 0.179. The molecule has 75 valence electrons. The van der Waals surface area contributed by atoms with Gasteiger partial charge >= 0.3 is 0 Å². The largest absolute Gasteiger partial charge is 0.480 e. The summed E-state index contributed by atoms with van der Waals surface area (Å²) in [7, 11) is 1.55. The summed E-state index contributed by atoms with van der Waals surface area (Å²) < 4.78 is 5.13. The van der Waals surface area contributed by atoms with Crippen LogP contribution in [-0.2, 0) is 0 Å². The van der Waals surface area contributed by atoms with Crippen molar-refractivity contribution in [3.8, 4) is 17.0 Å². The molecule has 4 heteroatoms. The molecule has 0 aliphatic rings. The van der Waals surface area contributed by atoms with Gasteiger partial charge in [0.2, 0.25) is 11.2 Å². The van der Waals surface area contributed by atoms with Gasteiger partial charge in [-0.2, -0.15) is 4.98 Å². The molecule has 15 heavy (non-hydrogen) atoms. The van der Waals surface area contributed by atoms with Crippen molar-refractivity contribution in [2.24, 2.45) is 0 Å². The molecule has 0 unspecified atom stereocenters. The molecule has 1 aromatic carbocycles. The Hall–Kier alpha value is -1.61. The van der Waals surface area contributed by atoms with Crippen LogP contribution in [0.25, 0.3) is 11.1 Å². The zero-order valence-corrected chi connectivity index (χ0v) is 8.82. The number of halogens is 1. The number of hydrogen-bond donors (Lipinski definition) is 0. The van der Waals surface area contributed by atoms with Gasteiger partial charge < -0.3 is 4.74 Å². The first-order valence-electron chi connectivity index (χ1n) is 4.34. The van der Waals surface area contributed by atoms with Gasteiger partial charge in [-0.1, -0.05) is 24.3 Å². The fraction of sp³-hybridized carbons (Fsp3) is 0.0909. The molecule has 0 N–H and O–H groups in total. The summed E-state index contributed by atoms with van der Waals surface area (Å²) >= 11 is 5.67. The lowest BCUT2D eigenvalue weighted by atomic mass is 10.1. The Balaban J connectivity index is 2.53. The quantitative estimate of drug-likeness (QED) is 0.729. The Bertz CT molecular complexity index is 459. The molecular formula is C11H8ClN2O. The minimum atomic E-state index is 0.179. The molecule has 0 saturated heterocycles. The third-order valence-corrected chi connectivity index (χ3v) is 2.13. The van der Waals surface area contributed by atoms with Crippen molar-refractivity contribution >= 4 is 11.6 Å². The van der Waals surface area contributed by atoms with Crippen LogP contribution in [0.3, 0.4) is 0 Å². The second kappa shape index (κ2) is 4.28. The van der Waals surface area contributed by atoms with Crippen molar-refractivity contribution in [2.75, 3.05) is 7.11 Å². The highest BCUT2D eigenvalue weighted by Crippen LogP contribution is 2.27. The van der Waals surface area contributed by atoms with Gasteiger partial charge in [0.15, 0.2) is 0 Å². The highest BCUT2D eigenvalue weighted by atomic mass is 35.5. The first kappa shape index (κ1) is 9.93. The van der Waals surface area contributed by atoms with Crippen LogP contribution in [0.4, 0.5) is 0 Å². The first-order chi connectivity index (χ1) is 7.31. The molecule has 0 saturated carbocycles. The van der Waals surface area contributed by atoms with Gasteiger partial charge in [-0.05, 0) is 23.2 Å². The van der Waals surface area contributed by atoms with Crippen LogP contribution in [0.15, 0.2) is 30.5 Å². The molecular weight excluding hydrogens is 212 g/mol. The van der Waals surface area contributed by atoms with E-state index in [9.17, 15) is 0 Å². The van der Waals surface area contributed by atoms with Crippen molar-refractivity contribution in [3.05, 3.63) is 41.8 Å². The molecule has 2 aromatic rings. The molecule has 2 rings (SSSR count). The lowest BCUT2D eigenvalue weighted by Gasteiger charge is -2.06. The van der Waals surface area contributed by atoms with E-state index < -0.39 is 0 Å². The zero-order valence-electron chi connectivity index (χ0n) is 8.07. The maximum Gasteiger partial charge on any atom is 0.225 e. The molecule has 0 aliphatic heterocycles. The van der Waals surface area contributed by atoms with Crippen LogP contribution in [-0.4, -0.2) is 17.1 Å². The summed E-state index contributed by atoms with van der Waals surface area (Å²) in [6.45, 7) is 0. The topological polar surface area (TPSA) is 35.0 Å². The molecule has 1 heterocycles. The smallest absolute Gasteiger partial charge is 0.225 e. The minimum Gasteiger partial charge on any atom is -0.480 e. The molecule has 3 nitrogen and oxygen atoms in total. The molecule has 0 amide bonds. The van der Waals surface area contributed by atoms with Crippen LogP contribution in [0.2, 0.25) is 5.28 Å². The van der Waals surface area contributed by atoms with Crippen molar-refractivity contribution in [3.63, 3.8) is 0 Å². The minimum absolute atomic E-state index is 0.179. The number of hydrogen-bond acceptors (Lipinski definition) is 3. The Kier molecular flexibility index (Phi) is 2.83. The molecule has 0 atom stereocenters. The number of nitrogens with zero attached hydrogens (tertiary/aromatic N) is 2. The summed E-state index contributed by atoms with van der Waals surface area (Å²) in [5.41, 5.74) is 1.79. The monoisotopic (exact) mass is 219 g/mol. The van der Waals surface area contributed by atoms with Gasteiger partial charge in [-0.15, -0.1) is 0 Å². The highest BCUT2D eigenvalue weighted by Gasteiger charge is 2.08. The van der Waals surface area contributed by atoms with E-state index in [1.807, 2.05) is 24.3 Å². The summed E-state index contributed by atoms with van der Waals surface area (Å²) in [5.74, 6) is 0.473. The van der Waals surface area contributed by atoms with E-state index in [2.05, 4.69) is 16.0 Å². The van der Waals surface area contributed by atoms with Crippen molar-refractivity contribution in [2.45, 2.75) is 0 Å². The van der Waals surface area contributed by atoms with E-state index in [1.165, 1.54) is 0 Å². The number of methoxy groups -OCH3 is 1. The SMILES string of the molecule is COc1nc(Cl)ncc1-c1cc[c]cc1. The average Bonchev–Trinajstić information content (AvgIpc) is 2.30. The molecule has 1 radical (unpaired) electrons. The number of ether oxygens (including phenoxy) is 1. The first-order valence-corrected chi connectivity index (χ1v) is 4.72. The maximum atomic E-state index is 5.67. The van der Waals surface area contributed by atoms with Gasteiger partial charge in [0.05, 0.1) is 12.7 Å². The third-order valence-electron chi connectivity index (χ3n) is 1.95. The normalized spacial score (nSPS) is 10.0. The van der Waals surface area contributed by atoms with Crippen LogP contribution in [0.5, 0.6) is 5.88 Å². The van der Waals surface area contributed by atoms with E-state index in [4.69, 9.17) is 16.3 Å². The van der Waals surface area contributed by atoms with E-state index in [-0.39, 0.29) is 5.28 Å². The van der Waals surface area contributed by atoms with Gasteiger partial charge in [0.25, 0.3) is 0 Å². The van der Waals surface area contributed by atoms with Crippen molar-refractivity contribution in [1.29, 1.82) is 0 Å². The Morgan fingerprint density at radius 2 is 2.07 bits per heavy atom. The van der Waals surface area contributed by atoms with Crippen LogP contribution in [0.1, 0.15) is 0 Å². The maximum absolute atomic E-state index is 5.67. The molecule has 0 bridgehead atoms. The van der Waals surface area contributed by atoms with Crippen molar-refractivity contribution in [1.82, 2.24) is 9.97 Å². The lowest BCUT2D eigenvalue weighted by Crippen LogP contribution is -1.93. The fourth-order valence-corrected chi connectivity index (χ4v) is 1.39. The summed E-state index contributed by atoms with van der Waals surface area (Å²) in [4.78, 5) is 7.92. The van der Waals surface area contributed by atoms with Gasteiger partial charge in [0.1, 0.15) is 0 Å².